The molecule has 0 amide bonds. The Balaban J connectivity index is 3.65. The van der Waals surface area contributed by atoms with Crippen molar-refractivity contribution < 1.29 is 13.9 Å². The Labute approximate surface area is 77.7 Å². The van der Waals surface area contributed by atoms with Gasteiger partial charge in [-0.25, -0.2) is 8.78 Å². The monoisotopic (exact) mass is 196 g/mol. The van der Waals surface area contributed by atoms with Crippen LogP contribution in [0.2, 0.25) is 0 Å². The van der Waals surface area contributed by atoms with E-state index in [-0.39, 0.29) is 19.2 Å². The zero-order chi connectivity index (χ0) is 10.3. The van der Waals surface area contributed by atoms with E-state index >= 15 is 0 Å². The minimum absolute atomic E-state index is 0.0264. The van der Waals surface area contributed by atoms with Gasteiger partial charge in [0, 0.05) is 12.6 Å². The molecule has 0 saturated carbocycles. The molecule has 0 aliphatic carbocycles. The van der Waals surface area contributed by atoms with Gasteiger partial charge in [0.1, 0.15) is 0 Å². The van der Waals surface area contributed by atoms with Crippen LogP contribution >= 0.6 is 0 Å². The van der Waals surface area contributed by atoms with Crippen LogP contribution in [0.5, 0.6) is 0 Å². The van der Waals surface area contributed by atoms with E-state index in [4.69, 9.17) is 5.11 Å². The molecule has 0 aromatic rings. The van der Waals surface area contributed by atoms with Gasteiger partial charge in [0.15, 0.2) is 0 Å². The van der Waals surface area contributed by atoms with Crippen LogP contribution in [0, 0.1) is 0 Å². The van der Waals surface area contributed by atoms with E-state index in [1.54, 1.807) is 7.05 Å². The molecule has 0 fully saturated rings. The third-order valence-corrected chi connectivity index (χ3v) is 1.69. The normalized spacial score (nSPS) is 14.1. The highest BCUT2D eigenvalue weighted by Gasteiger charge is 2.12. The van der Waals surface area contributed by atoms with Gasteiger partial charge in [-0.05, 0) is 13.6 Å². The molecule has 0 rings (SSSR count). The van der Waals surface area contributed by atoms with Crippen LogP contribution in [0.3, 0.4) is 0 Å². The Morgan fingerprint density at radius 2 is 2.00 bits per heavy atom. The SMILES string of the molecule is CCNC(CO)CN(C)CC(F)F. The summed E-state index contributed by atoms with van der Waals surface area (Å²) < 4.78 is 23.8. The number of likely N-dealkylation sites (N-methyl/N-ethyl adjacent to an activating group) is 2. The summed E-state index contributed by atoms with van der Waals surface area (Å²) in [7, 11) is 1.62. The molecule has 0 spiro atoms. The van der Waals surface area contributed by atoms with Crippen molar-refractivity contribution in [2.24, 2.45) is 0 Å². The topological polar surface area (TPSA) is 35.5 Å². The molecule has 0 saturated heterocycles. The highest BCUT2D eigenvalue weighted by Crippen LogP contribution is 1.96. The highest BCUT2D eigenvalue weighted by atomic mass is 19.3. The fourth-order valence-corrected chi connectivity index (χ4v) is 1.16. The van der Waals surface area contributed by atoms with Crippen molar-refractivity contribution in [3.63, 3.8) is 0 Å². The maximum Gasteiger partial charge on any atom is 0.251 e. The number of hydrogen-bond acceptors (Lipinski definition) is 3. The molecular weight excluding hydrogens is 178 g/mol. The fourth-order valence-electron chi connectivity index (χ4n) is 1.16. The first-order valence-electron chi connectivity index (χ1n) is 4.41. The molecule has 0 aliphatic rings. The summed E-state index contributed by atoms with van der Waals surface area (Å²) in [4.78, 5) is 1.51. The molecule has 5 heteroatoms. The van der Waals surface area contributed by atoms with Gasteiger partial charge < -0.3 is 10.4 Å². The second kappa shape index (κ2) is 7.17. The summed E-state index contributed by atoms with van der Waals surface area (Å²) in [6, 6.07) is -0.117. The summed E-state index contributed by atoms with van der Waals surface area (Å²) in [6.45, 7) is 2.81. The Hall–Kier alpha value is -0.260. The van der Waals surface area contributed by atoms with Gasteiger partial charge in [-0.15, -0.1) is 0 Å². The first-order valence-corrected chi connectivity index (χ1v) is 4.41. The molecule has 0 aromatic carbocycles. The van der Waals surface area contributed by atoms with Crippen LogP contribution in [0.4, 0.5) is 8.78 Å². The zero-order valence-electron chi connectivity index (χ0n) is 8.13. The van der Waals surface area contributed by atoms with Crippen LogP contribution in [0.1, 0.15) is 6.92 Å². The van der Waals surface area contributed by atoms with E-state index in [0.717, 1.165) is 6.54 Å². The molecule has 0 bridgehead atoms. The summed E-state index contributed by atoms with van der Waals surface area (Å²) in [6.07, 6.45) is -2.31. The standard InChI is InChI=1S/C8H18F2N2O/c1-3-11-7(6-13)4-12(2)5-8(9)10/h7-8,11,13H,3-6H2,1-2H3. The summed E-state index contributed by atoms with van der Waals surface area (Å²) in [5, 5.41) is 11.9. The number of halogens is 2. The van der Waals surface area contributed by atoms with Crippen LogP contribution < -0.4 is 5.32 Å². The summed E-state index contributed by atoms with van der Waals surface area (Å²) in [5.41, 5.74) is 0. The van der Waals surface area contributed by atoms with Gasteiger partial charge in [0.25, 0.3) is 6.43 Å². The van der Waals surface area contributed by atoms with E-state index in [0.29, 0.717) is 6.54 Å². The lowest BCUT2D eigenvalue weighted by molar-refractivity contribution is 0.0904. The second-order valence-electron chi connectivity index (χ2n) is 3.05. The predicted octanol–water partition coefficient (Wildman–Crippen LogP) is 0.154. The van der Waals surface area contributed by atoms with Crippen molar-refractivity contribution in [2.45, 2.75) is 19.4 Å². The number of rotatable bonds is 7. The third-order valence-electron chi connectivity index (χ3n) is 1.69. The first-order chi connectivity index (χ1) is 6.10. The summed E-state index contributed by atoms with van der Waals surface area (Å²) >= 11 is 0. The number of aliphatic hydroxyl groups excluding tert-OH is 1. The van der Waals surface area contributed by atoms with Crippen molar-refractivity contribution >= 4 is 0 Å². The van der Waals surface area contributed by atoms with E-state index in [1.807, 2.05) is 6.92 Å². The van der Waals surface area contributed by atoms with Gasteiger partial charge in [-0.3, -0.25) is 4.90 Å². The summed E-state index contributed by atoms with van der Waals surface area (Å²) in [5.74, 6) is 0. The fraction of sp³-hybridized carbons (Fsp3) is 1.00. The maximum absolute atomic E-state index is 11.9. The van der Waals surface area contributed by atoms with Crippen molar-refractivity contribution in [2.75, 3.05) is 33.3 Å². The van der Waals surface area contributed by atoms with Crippen LogP contribution in [-0.4, -0.2) is 55.8 Å². The van der Waals surface area contributed by atoms with Gasteiger partial charge in [0.2, 0.25) is 0 Å². The Morgan fingerprint density at radius 1 is 1.38 bits per heavy atom. The molecule has 80 valence electrons. The van der Waals surface area contributed by atoms with Gasteiger partial charge >= 0.3 is 0 Å². The second-order valence-corrected chi connectivity index (χ2v) is 3.05. The Kier molecular flexibility index (Phi) is 7.03. The molecule has 0 radical (unpaired) electrons. The minimum atomic E-state index is -2.31. The van der Waals surface area contributed by atoms with Crippen LogP contribution in [0.25, 0.3) is 0 Å². The lowest BCUT2D eigenvalue weighted by Crippen LogP contribution is -2.43. The molecule has 3 nitrogen and oxygen atoms in total. The predicted molar refractivity (Wildman–Crippen MR) is 48.1 cm³/mol. The lowest BCUT2D eigenvalue weighted by Gasteiger charge is -2.22. The minimum Gasteiger partial charge on any atom is -0.395 e. The molecule has 2 N–H and O–H groups in total. The van der Waals surface area contributed by atoms with Crippen molar-refractivity contribution in [1.82, 2.24) is 10.2 Å². The van der Waals surface area contributed by atoms with E-state index in [1.165, 1.54) is 4.90 Å². The molecule has 1 atom stereocenters. The van der Waals surface area contributed by atoms with Gasteiger partial charge in [-0.1, -0.05) is 6.92 Å². The van der Waals surface area contributed by atoms with Crippen LogP contribution in [0.15, 0.2) is 0 Å². The van der Waals surface area contributed by atoms with E-state index in [9.17, 15) is 8.78 Å². The molecule has 13 heavy (non-hydrogen) atoms. The number of hydrogen-bond donors (Lipinski definition) is 2. The maximum atomic E-state index is 11.9. The van der Waals surface area contributed by atoms with Crippen LogP contribution in [-0.2, 0) is 0 Å². The molecule has 0 aromatic heterocycles. The number of nitrogens with zero attached hydrogens (tertiary/aromatic N) is 1. The number of aliphatic hydroxyl groups is 1. The first kappa shape index (κ1) is 12.7. The molecular formula is C8H18F2N2O. The van der Waals surface area contributed by atoms with Gasteiger partial charge in [0.05, 0.1) is 13.2 Å². The van der Waals surface area contributed by atoms with Gasteiger partial charge in [-0.2, -0.15) is 0 Å². The molecule has 0 heterocycles. The van der Waals surface area contributed by atoms with Crippen molar-refractivity contribution in [3.05, 3.63) is 0 Å². The zero-order valence-corrected chi connectivity index (χ0v) is 8.13. The average molecular weight is 196 g/mol. The molecule has 0 aliphatic heterocycles. The number of alkyl halides is 2. The molecule has 1 unspecified atom stereocenters. The van der Waals surface area contributed by atoms with E-state index < -0.39 is 6.43 Å². The van der Waals surface area contributed by atoms with Crippen molar-refractivity contribution in [3.8, 4) is 0 Å². The van der Waals surface area contributed by atoms with E-state index in [2.05, 4.69) is 5.32 Å². The average Bonchev–Trinajstić information content (AvgIpc) is 2.02. The third kappa shape index (κ3) is 6.86. The Morgan fingerprint density at radius 3 is 2.38 bits per heavy atom. The largest absolute Gasteiger partial charge is 0.395 e. The lowest BCUT2D eigenvalue weighted by atomic mass is 10.3. The van der Waals surface area contributed by atoms with Crippen molar-refractivity contribution in [1.29, 1.82) is 0 Å². The Bertz CT molecular complexity index is 125. The quantitative estimate of drug-likeness (QED) is 0.608. The highest BCUT2D eigenvalue weighted by molar-refractivity contribution is 4.68. The number of nitrogens with one attached hydrogen (secondary N) is 1. The smallest absolute Gasteiger partial charge is 0.251 e.